The van der Waals surface area contributed by atoms with Crippen molar-refractivity contribution in [2.75, 3.05) is 13.1 Å². The molecule has 1 aromatic heterocycles. The van der Waals surface area contributed by atoms with Crippen molar-refractivity contribution in [1.82, 2.24) is 19.8 Å². The van der Waals surface area contributed by atoms with E-state index in [9.17, 15) is 14.3 Å². The molecule has 1 atom stereocenters. The topological polar surface area (TPSA) is 70.4 Å². The number of aryl methyl sites for hydroxylation is 1. The predicted molar refractivity (Wildman–Crippen MR) is 86.8 cm³/mol. The first-order chi connectivity index (χ1) is 11.5. The fourth-order valence-electron chi connectivity index (χ4n) is 2.89. The van der Waals surface area contributed by atoms with E-state index in [0.29, 0.717) is 31.8 Å². The molecule has 1 saturated heterocycles. The predicted octanol–water partition coefficient (Wildman–Crippen LogP) is 1.81. The minimum absolute atomic E-state index is 0.209. The third-order valence-electron chi connectivity index (χ3n) is 4.34. The van der Waals surface area contributed by atoms with Gasteiger partial charge in [0.05, 0.1) is 6.10 Å². The zero-order chi connectivity index (χ0) is 17.1. The van der Waals surface area contributed by atoms with Crippen LogP contribution in [0.25, 0.3) is 0 Å². The van der Waals surface area contributed by atoms with Gasteiger partial charge in [-0.05, 0) is 30.5 Å². The third-order valence-corrected chi connectivity index (χ3v) is 4.34. The van der Waals surface area contributed by atoms with Gasteiger partial charge < -0.3 is 19.9 Å². The maximum Gasteiger partial charge on any atom is 0.318 e. The SMILES string of the molecule is Cn1ccnc1[C@@H](NC(=O)N1CCC(O)CC1)c1ccc(F)cc1. The van der Waals surface area contributed by atoms with Gasteiger partial charge in [0.1, 0.15) is 17.7 Å². The van der Waals surface area contributed by atoms with Crippen LogP contribution in [0, 0.1) is 5.82 Å². The summed E-state index contributed by atoms with van der Waals surface area (Å²) in [6, 6.07) is 5.36. The van der Waals surface area contributed by atoms with E-state index >= 15 is 0 Å². The second-order valence-electron chi connectivity index (χ2n) is 6.05. The Morgan fingerprint density at radius 1 is 1.33 bits per heavy atom. The number of hydrogen-bond acceptors (Lipinski definition) is 3. The summed E-state index contributed by atoms with van der Waals surface area (Å²) in [4.78, 5) is 18.6. The number of carbonyl (C=O) groups excluding carboxylic acids is 1. The van der Waals surface area contributed by atoms with Gasteiger partial charge in [0.2, 0.25) is 0 Å². The average molecular weight is 332 g/mol. The number of piperidine rings is 1. The first kappa shape index (κ1) is 16.4. The molecule has 1 aromatic carbocycles. The summed E-state index contributed by atoms with van der Waals surface area (Å²) < 4.78 is 15.0. The summed E-state index contributed by atoms with van der Waals surface area (Å²) in [5, 5.41) is 12.6. The van der Waals surface area contributed by atoms with Crippen LogP contribution in [0.5, 0.6) is 0 Å². The van der Waals surface area contributed by atoms with Crippen LogP contribution in [0.2, 0.25) is 0 Å². The maximum absolute atomic E-state index is 13.2. The average Bonchev–Trinajstić information content (AvgIpc) is 3.00. The number of likely N-dealkylation sites (tertiary alicyclic amines) is 1. The molecule has 0 radical (unpaired) electrons. The van der Waals surface area contributed by atoms with E-state index in [-0.39, 0.29) is 18.0 Å². The molecule has 1 aliphatic rings. The summed E-state index contributed by atoms with van der Waals surface area (Å²) in [7, 11) is 1.85. The van der Waals surface area contributed by atoms with Crippen molar-refractivity contribution in [3.63, 3.8) is 0 Å². The summed E-state index contributed by atoms with van der Waals surface area (Å²) in [5.74, 6) is 0.348. The molecule has 128 valence electrons. The van der Waals surface area contributed by atoms with Gasteiger partial charge in [-0.15, -0.1) is 0 Å². The number of halogens is 1. The largest absolute Gasteiger partial charge is 0.393 e. The zero-order valence-electron chi connectivity index (χ0n) is 13.5. The lowest BCUT2D eigenvalue weighted by molar-refractivity contribution is 0.0931. The number of aliphatic hydroxyl groups is 1. The third kappa shape index (κ3) is 3.56. The standard InChI is InChI=1S/C17H21FN4O2/c1-21-11-8-19-16(21)15(12-2-4-13(18)5-3-12)20-17(24)22-9-6-14(23)7-10-22/h2-5,8,11,14-15,23H,6-7,9-10H2,1H3,(H,20,24)/t15-/m0/s1. The van der Waals surface area contributed by atoms with Gasteiger partial charge in [-0.2, -0.15) is 0 Å². The number of amides is 2. The van der Waals surface area contributed by atoms with Crippen molar-refractivity contribution in [2.45, 2.75) is 25.0 Å². The molecule has 0 spiro atoms. The van der Waals surface area contributed by atoms with Gasteiger partial charge in [0, 0.05) is 32.5 Å². The lowest BCUT2D eigenvalue weighted by Crippen LogP contribution is -2.47. The molecule has 1 fully saturated rings. The Bertz CT molecular complexity index is 693. The van der Waals surface area contributed by atoms with E-state index < -0.39 is 6.04 Å². The molecule has 2 heterocycles. The van der Waals surface area contributed by atoms with E-state index in [1.807, 2.05) is 11.6 Å². The number of urea groups is 1. The van der Waals surface area contributed by atoms with Crippen LogP contribution in [0.4, 0.5) is 9.18 Å². The van der Waals surface area contributed by atoms with Crippen LogP contribution >= 0.6 is 0 Å². The van der Waals surface area contributed by atoms with Gasteiger partial charge in [-0.1, -0.05) is 12.1 Å². The summed E-state index contributed by atoms with van der Waals surface area (Å²) in [5.41, 5.74) is 0.760. The zero-order valence-corrected chi connectivity index (χ0v) is 13.5. The first-order valence-electron chi connectivity index (χ1n) is 8.01. The molecule has 0 saturated carbocycles. The van der Waals surface area contributed by atoms with Crippen LogP contribution < -0.4 is 5.32 Å². The molecular weight excluding hydrogens is 311 g/mol. The molecular formula is C17H21FN4O2. The van der Waals surface area contributed by atoms with Crippen molar-refractivity contribution in [3.05, 3.63) is 53.9 Å². The van der Waals surface area contributed by atoms with Gasteiger partial charge in [0.15, 0.2) is 0 Å². The fraction of sp³-hybridized carbons (Fsp3) is 0.412. The number of carbonyl (C=O) groups is 1. The van der Waals surface area contributed by atoms with Crippen LogP contribution in [-0.4, -0.2) is 44.8 Å². The second kappa shape index (κ2) is 7.00. The molecule has 7 heteroatoms. The van der Waals surface area contributed by atoms with Gasteiger partial charge >= 0.3 is 6.03 Å². The van der Waals surface area contributed by atoms with Crippen molar-refractivity contribution in [2.24, 2.45) is 7.05 Å². The normalized spacial score (nSPS) is 16.9. The highest BCUT2D eigenvalue weighted by molar-refractivity contribution is 5.75. The molecule has 0 aliphatic carbocycles. The van der Waals surface area contributed by atoms with Gasteiger partial charge in [-0.3, -0.25) is 0 Å². The summed E-state index contributed by atoms with van der Waals surface area (Å²) in [6.07, 6.45) is 4.29. The Morgan fingerprint density at radius 3 is 2.58 bits per heavy atom. The maximum atomic E-state index is 13.2. The highest BCUT2D eigenvalue weighted by Gasteiger charge is 2.26. The van der Waals surface area contributed by atoms with Gasteiger partial charge in [-0.25, -0.2) is 14.2 Å². The number of nitrogens with one attached hydrogen (secondary N) is 1. The molecule has 3 rings (SSSR count). The Balaban J connectivity index is 1.81. The number of hydrogen-bond donors (Lipinski definition) is 2. The van der Waals surface area contributed by atoms with Gasteiger partial charge in [0.25, 0.3) is 0 Å². The lowest BCUT2D eigenvalue weighted by Gasteiger charge is -2.31. The highest BCUT2D eigenvalue weighted by atomic mass is 19.1. The molecule has 24 heavy (non-hydrogen) atoms. The van der Waals surface area contributed by atoms with Crippen molar-refractivity contribution in [1.29, 1.82) is 0 Å². The number of aliphatic hydroxyl groups excluding tert-OH is 1. The van der Waals surface area contributed by atoms with Crippen molar-refractivity contribution in [3.8, 4) is 0 Å². The fourth-order valence-corrected chi connectivity index (χ4v) is 2.89. The minimum Gasteiger partial charge on any atom is -0.393 e. The van der Waals surface area contributed by atoms with Crippen LogP contribution in [0.3, 0.4) is 0 Å². The van der Waals surface area contributed by atoms with Crippen LogP contribution in [0.15, 0.2) is 36.7 Å². The number of imidazole rings is 1. The van der Waals surface area contributed by atoms with E-state index in [2.05, 4.69) is 10.3 Å². The lowest BCUT2D eigenvalue weighted by atomic mass is 10.1. The molecule has 0 bridgehead atoms. The summed E-state index contributed by atoms with van der Waals surface area (Å²) in [6.45, 7) is 1.04. The number of nitrogens with zero attached hydrogens (tertiary/aromatic N) is 3. The molecule has 2 N–H and O–H groups in total. The minimum atomic E-state index is -0.468. The van der Waals surface area contributed by atoms with E-state index in [1.54, 1.807) is 29.4 Å². The molecule has 2 aromatic rings. The Labute approximate surface area is 139 Å². The molecule has 6 nitrogen and oxygen atoms in total. The number of aromatic nitrogens is 2. The summed E-state index contributed by atoms with van der Waals surface area (Å²) >= 11 is 0. The Kier molecular flexibility index (Phi) is 4.80. The van der Waals surface area contributed by atoms with E-state index in [1.165, 1.54) is 12.1 Å². The Hall–Kier alpha value is -2.41. The quantitative estimate of drug-likeness (QED) is 0.901. The van der Waals surface area contributed by atoms with Crippen LogP contribution in [-0.2, 0) is 7.05 Å². The number of rotatable bonds is 3. The van der Waals surface area contributed by atoms with E-state index in [0.717, 1.165) is 5.56 Å². The molecule has 2 amide bonds. The van der Waals surface area contributed by atoms with E-state index in [4.69, 9.17) is 0 Å². The molecule has 1 aliphatic heterocycles. The highest BCUT2D eigenvalue weighted by Crippen LogP contribution is 2.22. The van der Waals surface area contributed by atoms with Crippen LogP contribution in [0.1, 0.15) is 30.3 Å². The smallest absolute Gasteiger partial charge is 0.318 e. The number of benzene rings is 1. The van der Waals surface area contributed by atoms with Crippen molar-refractivity contribution >= 4 is 6.03 Å². The monoisotopic (exact) mass is 332 g/mol. The molecule has 0 unspecified atom stereocenters. The van der Waals surface area contributed by atoms with Crippen molar-refractivity contribution < 1.29 is 14.3 Å². The first-order valence-corrected chi connectivity index (χ1v) is 8.01. The second-order valence-corrected chi connectivity index (χ2v) is 6.05. The Morgan fingerprint density at radius 2 is 2.00 bits per heavy atom.